The molecule has 2 aliphatic rings. The van der Waals surface area contributed by atoms with Gasteiger partial charge in [0.25, 0.3) is 0 Å². The van der Waals surface area contributed by atoms with E-state index in [1.54, 1.807) is 0 Å². The number of hydrogen-bond acceptors (Lipinski definition) is 4. The molecule has 6 nitrogen and oxygen atoms in total. The van der Waals surface area contributed by atoms with Crippen LogP contribution in [0.1, 0.15) is 48.7 Å². The number of fused-ring (bicyclic) bond motifs is 1. The highest BCUT2D eigenvalue weighted by molar-refractivity contribution is 5.76. The van der Waals surface area contributed by atoms with E-state index >= 15 is 0 Å². The first kappa shape index (κ1) is 18.2. The number of aryl methyl sites for hydroxylation is 1. The molecule has 1 fully saturated rings. The molecule has 1 aromatic heterocycles. The maximum absolute atomic E-state index is 11.3. The lowest BCUT2D eigenvalue weighted by Crippen LogP contribution is -2.38. The van der Waals surface area contributed by atoms with E-state index in [-0.39, 0.29) is 11.8 Å². The molecule has 1 unspecified atom stereocenters. The lowest BCUT2D eigenvalue weighted by molar-refractivity contribution is -0.123. The van der Waals surface area contributed by atoms with Crippen LogP contribution in [-0.4, -0.2) is 33.4 Å². The van der Waals surface area contributed by atoms with Crippen LogP contribution in [0.15, 0.2) is 36.7 Å². The predicted molar refractivity (Wildman–Crippen MR) is 105 cm³/mol. The number of nitrogens with one attached hydrogen (secondary N) is 1. The quantitative estimate of drug-likeness (QED) is 0.821. The number of piperidine rings is 1. The number of aromatic nitrogens is 2. The Bertz CT molecular complexity index is 761. The molecule has 2 aliphatic heterocycles. The zero-order chi connectivity index (χ0) is 18.6. The normalized spacial score (nSPS) is 21.1. The predicted octanol–water partition coefficient (Wildman–Crippen LogP) is 2.21. The van der Waals surface area contributed by atoms with Gasteiger partial charge in [0.05, 0.1) is 6.04 Å². The number of imidazole rings is 1. The minimum absolute atomic E-state index is 0.0603. The first-order valence-corrected chi connectivity index (χ1v) is 10.0. The van der Waals surface area contributed by atoms with Gasteiger partial charge in [-0.1, -0.05) is 24.3 Å². The molecule has 27 heavy (non-hydrogen) atoms. The fraction of sp³-hybridized carbons (Fsp3) is 0.524. The summed E-state index contributed by atoms with van der Waals surface area (Å²) in [5, 5.41) is 3.66. The van der Waals surface area contributed by atoms with Crippen molar-refractivity contribution in [3.8, 4) is 0 Å². The van der Waals surface area contributed by atoms with Crippen molar-refractivity contribution in [3.63, 3.8) is 0 Å². The largest absolute Gasteiger partial charge is 0.369 e. The number of nitrogens with zero attached hydrogens (tertiary/aromatic N) is 3. The maximum Gasteiger partial charge on any atom is 0.220 e. The van der Waals surface area contributed by atoms with E-state index in [9.17, 15) is 4.79 Å². The lowest BCUT2D eigenvalue weighted by atomic mass is 9.96. The van der Waals surface area contributed by atoms with Gasteiger partial charge >= 0.3 is 0 Å². The third-order valence-electron chi connectivity index (χ3n) is 5.92. The van der Waals surface area contributed by atoms with Gasteiger partial charge in [-0.05, 0) is 49.9 Å². The summed E-state index contributed by atoms with van der Waals surface area (Å²) in [5.74, 6) is 1.08. The van der Waals surface area contributed by atoms with Crippen LogP contribution in [0, 0.1) is 5.92 Å². The van der Waals surface area contributed by atoms with Gasteiger partial charge in [-0.3, -0.25) is 9.69 Å². The fourth-order valence-electron chi connectivity index (χ4n) is 4.25. The standard InChI is InChI=1S/C21H29N5O/c22-20(27)18-7-11-25(12-8-18)15-17-5-3-16(4-6-17)14-24-19-2-1-10-26-13-9-23-21(19)26/h3-6,9,13,18-19,24H,1-2,7-8,10-12,14-15H2,(H2,22,27). The zero-order valence-electron chi connectivity index (χ0n) is 15.8. The number of likely N-dealkylation sites (tertiary alicyclic amines) is 1. The van der Waals surface area contributed by atoms with Crippen molar-refractivity contribution in [1.29, 1.82) is 0 Å². The number of carbonyl (C=O) groups is 1. The van der Waals surface area contributed by atoms with Gasteiger partial charge in [0.15, 0.2) is 0 Å². The smallest absolute Gasteiger partial charge is 0.220 e. The van der Waals surface area contributed by atoms with Crippen LogP contribution in [0.4, 0.5) is 0 Å². The molecule has 1 aromatic carbocycles. The van der Waals surface area contributed by atoms with Crippen LogP contribution in [0.3, 0.4) is 0 Å². The maximum atomic E-state index is 11.3. The molecular weight excluding hydrogens is 338 g/mol. The number of nitrogens with two attached hydrogens (primary N) is 1. The summed E-state index contributed by atoms with van der Waals surface area (Å²) in [7, 11) is 0. The number of amides is 1. The molecular formula is C21H29N5O. The molecule has 0 radical (unpaired) electrons. The molecule has 0 spiro atoms. The average Bonchev–Trinajstić information content (AvgIpc) is 3.17. The monoisotopic (exact) mass is 367 g/mol. The van der Waals surface area contributed by atoms with Crippen molar-refractivity contribution in [1.82, 2.24) is 19.8 Å². The Hall–Kier alpha value is -2.18. The van der Waals surface area contributed by atoms with Crippen molar-refractivity contribution in [2.45, 2.75) is 51.4 Å². The summed E-state index contributed by atoms with van der Waals surface area (Å²) in [4.78, 5) is 18.2. The SMILES string of the molecule is NC(=O)C1CCN(Cc2ccc(CNC3CCCn4ccnc43)cc2)CC1. The minimum atomic E-state index is -0.146. The third kappa shape index (κ3) is 4.39. The molecule has 1 amide bonds. The first-order valence-electron chi connectivity index (χ1n) is 10.0. The van der Waals surface area contributed by atoms with E-state index in [0.717, 1.165) is 57.8 Å². The Balaban J connectivity index is 1.27. The van der Waals surface area contributed by atoms with E-state index in [4.69, 9.17) is 5.73 Å². The van der Waals surface area contributed by atoms with E-state index < -0.39 is 0 Å². The van der Waals surface area contributed by atoms with Crippen LogP contribution in [-0.2, 0) is 24.4 Å². The van der Waals surface area contributed by atoms with E-state index in [1.165, 1.54) is 17.5 Å². The Morgan fingerprint density at radius 1 is 1.11 bits per heavy atom. The summed E-state index contributed by atoms with van der Waals surface area (Å²) in [6, 6.07) is 9.22. The molecule has 144 valence electrons. The Morgan fingerprint density at radius 3 is 2.59 bits per heavy atom. The highest BCUT2D eigenvalue weighted by Crippen LogP contribution is 2.24. The molecule has 0 bridgehead atoms. The second-order valence-electron chi connectivity index (χ2n) is 7.82. The Morgan fingerprint density at radius 2 is 1.85 bits per heavy atom. The van der Waals surface area contributed by atoms with Crippen LogP contribution < -0.4 is 11.1 Å². The van der Waals surface area contributed by atoms with Crippen LogP contribution in [0.25, 0.3) is 0 Å². The number of carbonyl (C=O) groups excluding carboxylic acids is 1. The van der Waals surface area contributed by atoms with Crippen LogP contribution in [0.2, 0.25) is 0 Å². The van der Waals surface area contributed by atoms with E-state index in [1.807, 2.05) is 6.20 Å². The highest BCUT2D eigenvalue weighted by atomic mass is 16.1. The molecule has 3 heterocycles. The second-order valence-corrected chi connectivity index (χ2v) is 7.82. The van der Waals surface area contributed by atoms with Crippen molar-refractivity contribution >= 4 is 5.91 Å². The van der Waals surface area contributed by atoms with Gasteiger partial charge in [-0.15, -0.1) is 0 Å². The van der Waals surface area contributed by atoms with Crippen molar-refractivity contribution in [3.05, 3.63) is 53.6 Å². The summed E-state index contributed by atoms with van der Waals surface area (Å²) in [6.45, 7) is 4.79. The van der Waals surface area contributed by atoms with Crippen molar-refractivity contribution in [2.75, 3.05) is 13.1 Å². The topological polar surface area (TPSA) is 76.2 Å². The zero-order valence-corrected chi connectivity index (χ0v) is 15.8. The molecule has 0 aliphatic carbocycles. The van der Waals surface area contributed by atoms with Gasteiger partial charge in [0, 0.05) is 37.9 Å². The van der Waals surface area contributed by atoms with Crippen molar-refractivity contribution < 1.29 is 4.79 Å². The van der Waals surface area contributed by atoms with E-state index in [0.29, 0.717) is 6.04 Å². The summed E-state index contributed by atoms with van der Waals surface area (Å²) < 4.78 is 2.26. The van der Waals surface area contributed by atoms with E-state index in [2.05, 4.69) is 50.2 Å². The molecule has 1 saturated heterocycles. The molecule has 1 atom stereocenters. The van der Waals surface area contributed by atoms with Crippen LogP contribution in [0.5, 0.6) is 0 Å². The number of benzene rings is 1. The molecule has 4 rings (SSSR count). The molecule has 3 N–H and O–H groups in total. The number of hydrogen-bond donors (Lipinski definition) is 2. The number of rotatable bonds is 6. The van der Waals surface area contributed by atoms with Gasteiger partial charge in [0.1, 0.15) is 5.82 Å². The second kappa shape index (κ2) is 8.23. The molecule has 0 saturated carbocycles. The van der Waals surface area contributed by atoms with Gasteiger partial charge in [-0.25, -0.2) is 4.98 Å². The van der Waals surface area contributed by atoms with Gasteiger partial charge in [-0.2, -0.15) is 0 Å². The van der Waals surface area contributed by atoms with Crippen molar-refractivity contribution in [2.24, 2.45) is 11.7 Å². The summed E-state index contributed by atoms with van der Waals surface area (Å²) in [5.41, 5.74) is 8.04. The molecule has 6 heteroatoms. The average molecular weight is 367 g/mol. The lowest BCUT2D eigenvalue weighted by Gasteiger charge is -2.30. The van der Waals surface area contributed by atoms with Crippen LogP contribution >= 0.6 is 0 Å². The highest BCUT2D eigenvalue weighted by Gasteiger charge is 2.23. The Kier molecular flexibility index (Phi) is 5.55. The fourth-order valence-corrected chi connectivity index (χ4v) is 4.25. The molecule has 2 aromatic rings. The third-order valence-corrected chi connectivity index (χ3v) is 5.92. The van der Waals surface area contributed by atoms with Gasteiger partial charge < -0.3 is 15.6 Å². The number of primary amides is 1. The first-order chi connectivity index (χ1) is 13.2. The summed E-state index contributed by atoms with van der Waals surface area (Å²) >= 11 is 0. The minimum Gasteiger partial charge on any atom is -0.369 e. The van der Waals surface area contributed by atoms with Gasteiger partial charge in [0.2, 0.25) is 5.91 Å². The summed E-state index contributed by atoms with van der Waals surface area (Å²) in [6.07, 6.45) is 8.09. The Labute approximate surface area is 160 Å².